The number of piperidine rings is 1. The molecule has 0 saturated carbocycles. The molecule has 1 fully saturated rings. The van der Waals surface area contributed by atoms with Crippen LogP contribution in [0.4, 0.5) is 4.79 Å². The number of likely N-dealkylation sites (tertiary alicyclic amines) is 1. The lowest BCUT2D eigenvalue weighted by Gasteiger charge is -2.38. The van der Waals surface area contributed by atoms with E-state index >= 15 is 0 Å². The first kappa shape index (κ1) is 14.3. The Kier molecular flexibility index (Phi) is 5.75. The third kappa shape index (κ3) is 4.19. The van der Waals surface area contributed by atoms with E-state index in [1.54, 1.807) is 0 Å². The van der Waals surface area contributed by atoms with Crippen LogP contribution in [-0.2, 0) is 4.74 Å². The number of carbonyl (C=O) groups excluding carboxylic acids is 1. The van der Waals surface area contributed by atoms with Gasteiger partial charge in [0, 0.05) is 19.1 Å². The Bertz CT molecular complexity index is 244. The molecule has 1 amide bonds. The zero-order valence-electron chi connectivity index (χ0n) is 11.3. The molecule has 2 atom stereocenters. The van der Waals surface area contributed by atoms with E-state index in [9.17, 15) is 4.79 Å². The maximum absolute atomic E-state index is 11.9. The van der Waals surface area contributed by atoms with Crippen LogP contribution in [0.1, 0.15) is 40.0 Å². The molecule has 100 valence electrons. The lowest BCUT2D eigenvalue weighted by atomic mass is 9.89. The summed E-state index contributed by atoms with van der Waals surface area (Å²) in [7, 11) is 0. The summed E-state index contributed by atoms with van der Waals surface area (Å²) < 4.78 is 5.28. The summed E-state index contributed by atoms with van der Waals surface area (Å²) in [5.74, 6) is 1.08. The van der Waals surface area contributed by atoms with Crippen LogP contribution in [-0.4, -0.2) is 36.7 Å². The van der Waals surface area contributed by atoms with Gasteiger partial charge in [-0.3, -0.25) is 0 Å². The largest absolute Gasteiger partial charge is 0.449 e. The number of amides is 1. The monoisotopic (exact) mass is 242 g/mol. The van der Waals surface area contributed by atoms with Gasteiger partial charge in [-0.15, -0.1) is 0 Å². The number of nitrogens with two attached hydrogens (primary N) is 1. The predicted molar refractivity (Wildman–Crippen MR) is 68.7 cm³/mol. The molecule has 0 aromatic carbocycles. The minimum atomic E-state index is -0.191. The van der Waals surface area contributed by atoms with Crippen molar-refractivity contribution >= 4 is 6.09 Å². The summed E-state index contributed by atoms with van der Waals surface area (Å²) in [5, 5.41) is 0. The van der Waals surface area contributed by atoms with Crippen LogP contribution in [0, 0.1) is 11.8 Å². The second-order valence-electron chi connectivity index (χ2n) is 5.35. The van der Waals surface area contributed by atoms with Gasteiger partial charge in [0.25, 0.3) is 0 Å². The lowest BCUT2D eigenvalue weighted by molar-refractivity contribution is 0.0564. The van der Waals surface area contributed by atoms with E-state index in [1.165, 1.54) is 6.42 Å². The van der Waals surface area contributed by atoms with Crippen molar-refractivity contribution in [1.29, 1.82) is 0 Å². The van der Waals surface area contributed by atoms with Crippen LogP contribution >= 0.6 is 0 Å². The Balaban J connectivity index is 2.48. The quantitative estimate of drug-likeness (QED) is 0.822. The fraction of sp³-hybridized carbons (Fsp3) is 0.923. The molecular formula is C13H26N2O2. The standard InChI is InChI=1S/C13H26N2O2/c1-4-11-5-6-15(12(7-11)8-14)13(16)17-9-10(2)3/h10-12H,4-9,14H2,1-3H3. The number of hydrogen-bond donors (Lipinski definition) is 1. The Morgan fingerprint density at radius 1 is 1.53 bits per heavy atom. The summed E-state index contributed by atoms with van der Waals surface area (Å²) in [6.45, 7) is 8.09. The molecule has 17 heavy (non-hydrogen) atoms. The van der Waals surface area contributed by atoms with E-state index in [1.807, 2.05) is 18.7 Å². The number of ether oxygens (including phenoxy) is 1. The molecule has 1 rings (SSSR count). The highest BCUT2D eigenvalue weighted by Gasteiger charge is 2.30. The van der Waals surface area contributed by atoms with Gasteiger partial charge >= 0.3 is 6.09 Å². The average molecular weight is 242 g/mol. The van der Waals surface area contributed by atoms with E-state index in [4.69, 9.17) is 10.5 Å². The Morgan fingerprint density at radius 3 is 2.76 bits per heavy atom. The average Bonchev–Trinajstić information content (AvgIpc) is 2.34. The minimum absolute atomic E-state index is 0.161. The van der Waals surface area contributed by atoms with Gasteiger partial charge in [-0.25, -0.2) is 4.79 Å². The summed E-state index contributed by atoms with van der Waals surface area (Å²) >= 11 is 0. The number of carbonyl (C=O) groups is 1. The minimum Gasteiger partial charge on any atom is -0.449 e. The van der Waals surface area contributed by atoms with E-state index in [2.05, 4.69) is 6.92 Å². The molecule has 1 heterocycles. The summed E-state index contributed by atoms with van der Waals surface area (Å²) in [5.41, 5.74) is 5.75. The molecule has 0 bridgehead atoms. The third-order valence-corrected chi connectivity index (χ3v) is 3.45. The fourth-order valence-electron chi connectivity index (χ4n) is 2.29. The van der Waals surface area contributed by atoms with Gasteiger partial charge in [-0.05, 0) is 24.7 Å². The fourth-order valence-corrected chi connectivity index (χ4v) is 2.29. The van der Waals surface area contributed by atoms with Crippen LogP contribution in [0.2, 0.25) is 0 Å². The second-order valence-corrected chi connectivity index (χ2v) is 5.35. The molecule has 1 aliphatic rings. The van der Waals surface area contributed by atoms with Crippen molar-refractivity contribution in [2.45, 2.75) is 46.1 Å². The summed E-state index contributed by atoms with van der Waals surface area (Å²) in [4.78, 5) is 13.7. The molecule has 2 unspecified atom stereocenters. The highest BCUT2D eigenvalue weighted by molar-refractivity contribution is 5.68. The SMILES string of the molecule is CCC1CCN(C(=O)OCC(C)C)C(CN)C1. The highest BCUT2D eigenvalue weighted by Crippen LogP contribution is 2.25. The van der Waals surface area contributed by atoms with Gasteiger partial charge in [-0.1, -0.05) is 27.2 Å². The molecule has 1 saturated heterocycles. The maximum Gasteiger partial charge on any atom is 0.410 e. The molecule has 0 aliphatic carbocycles. The van der Waals surface area contributed by atoms with Crippen molar-refractivity contribution in [2.24, 2.45) is 17.6 Å². The van der Waals surface area contributed by atoms with Crippen molar-refractivity contribution in [3.8, 4) is 0 Å². The molecule has 1 aliphatic heterocycles. The Labute approximate surface area is 104 Å². The molecule has 4 nitrogen and oxygen atoms in total. The number of hydrogen-bond acceptors (Lipinski definition) is 3. The van der Waals surface area contributed by atoms with Crippen molar-refractivity contribution in [3.05, 3.63) is 0 Å². The van der Waals surface area contributed by atoms with Crippen LogP contribution in [0.5, 0.6) is 0 Å². The second kappa shape index (κ2) is 6.84. The predicted octanol–water partition coefficient (Wildman–Crippen LogP) is 2.23. The highest BCUT2D eigenvalue weighted by atomic mass is 16.6. The summed E-state index contributed by atoms with van der Waals surface area (Å²) in [6, 6.07) is 0.161. The normalized spacial score (nSPS) is 25.1. The van der Waals surface area contributed by atoms with Gasteiger partial charge in [-0.2, -0.15) is 0 Å². The van der Waals surface area contributed by atoms with E-state index in [0.29, 0.717) is 25.0 Å². The van der Waals surface area contributed by atoms with Crippen molar-refractivity contribution in [2.75, 3.05) is 19.7 Å². The van der Waals surface area contributed by atoms with Gasteiger partial charge in [0.15, 0.2) is 0 Å². The Hall–Kier alpha value is -0.770. The van der Waals surface area contributed by atoms with Crippen LogP contribution < -0.4 is 5.73 Å². The van der Waals surface area contributed by atoms with Crippen LogP contribution in [0.15, 0.2) is 0 Å². The summed E-state index contributed by atoms with van der Waals surface area (Å²) in [6.07, 6.45) is 3.07. The van der Waals surface area contributed by atoms with Crippen LogP contribution in [0.3, 0.4) is 0 Å². The molecule has 0 aromatic heterocycles. The molecule has 0 radical (unpaired) electrons. The zero-order chi connectivity index (χ0) is 12.8. The lowest BCUT2D eigenvalue weighted by Crippen LogP contribution is -2.49. The topological polar surface area (TPSA) is 55.6 Å². The molecule has 4 heteroatoms. The van der Waals surface area contributed by atoms with Gasteiger partial charge in [0.2, 0.25) is 0 Å². The van der Waals surface area contributed by atoms with Crippen molar-refractivity contribution < 1.29 is 9.53 Å². The van der Waals surface area contributed by atoms with E-state index < -0.39 is 0 Å². The maximum atomic E-state index is 11.9. The molecule has 0 spiro atoms. The zero-order valence-corrected chi connectivity index (χ0v) is 11.3. The molecule has 2 N–H and O–H groups in total. The van der Waals surface area contributed by atoms with Crippen molar-refractivity contribution in [3.63, 3.8) is 0 Å². The van der Waals surface area contributed by atoms with Gasteiger partial charge in [0.1, 0.15) is 0 Å². The molecule has 0 aromatic rings. The third-order valence-electron chi connectivity index (χ3n) is 3.45. The first-order valence-corrected chi connectivity index (χ1v) is 6.71. The van der Waals surface area contributed by atoms with E-state index in [-0.39, 0.29) is 12.1 Å². The van der Waals surface area contributed by atoms with Gasteiger partial charge < -0.3 is 15.4 Å². The first-order valence-electron chi connectivity index (χ1n) is 6.71. The van der Waals surface area contributed by atoms with E-state index in [0.717, 1.165) is 19.4 Å². The molecular weight excluding hydrogens is 216 g/mol. The van der Waals surface area contributed by atoms with Crippen molar-refractivity contribution in [1.82, 2.24) is 4.90 Å². The smallest absolute Gasteiger partial charge is 0.410 e. The number of nitrogens with zero attached hydrogens (tertiary/aromatic N) is 1. The van der Waals surface area contributed by atoms with Crippen LogP contribution in [0.25, 0.3) is 0 Å². The Morgan fingerprint density at radius 2 is 2.24 bits per heavy atom. The number of rotatable bonds is 4. The first-order chi connectivity index (χ1) is 8.08. The van der Waals surface area contributed by atoms with Gasteiger partial charge in [0.05, 0.1) is 6.61 Å².